The second-order valence-electron chi connectivity index (χ2n) is 9.05. The number of halogens is 2. The molecule has 4 rings (SSSR count). The predicted molar refractivity (Wildman–Crippen MR) is 147 cm³/mol. The molecular formula is C30H28ClFN2O4. The predicted octanol–water partition coefficient (Wildman–Crippen LogP) is 6.59. The van der Waals surface area contributed by atoms with E-state index >= 15 is 0 Å². The number of nitrogens with zero attached hydrogens (tertiary/aromatic N) is 2. The Morgan fingerprint density at radius 2 is 1.76 bits per heavy atom. The topological polar surface area (TPSA) is 66.9 Å². The van der Waals surface area contributed by atoms with Crippen molar-refractivity contribution in [2.45, 2.75) is 38.8 Å². The Kier molecular flexibility index (Phi) is 8.27. The molecule has 1 aliphatic rings. The van der Waals surface area contributed by atoms with Gasteiger partial charge in [-0.1, -0.05) is 24.6 Å². The Balaban J connectivity index is 1.86. The largest absolute Gasteiger partial charge is 0.466 e. The standard InChI is InChI=1S/C30H28ClFN2O4/c1-4-28(35)34(24-13-9-22(31)10-14-24)27-17-19(2)33(30(37)21-7-11-23(32)12-8-21)26-15-5-20(18-25(26)27)6-16-29(36)38-3/h5-16,18-19,27H,4,17H2,1-3H3/t19-,27+/m1/s1. The number of amides is 2. The Morgan fingerprint density at radius 3 is 2.39 bits per heavy atom. The van der Waals surface area contributed by atoms with E-state index in [4.69, 9.17) is 16.3 Å². The van der Waals surface area contributed by atoms with Crippen molar-refractivity contribution in [1.82, 2.24) is 0 Å². The molecule has 0 radical (unpaired) electrons. The van der Waals surface area contributed by atoms with Gasteiger partial charge >= 0.3 is 5.97 Å². The second kappa shape index (κ2) is 11.6. The zero-order valence-corrected chi connectivity index (χ0v) is 22.1. The minimum atomic E-state index is -0.495. The van der Waals surface area contributed by atoms with Crippen molar-refractivity contribution in [2.75, 3.05) is 16.9 Å². The third-order valence-corrected chi connectivity index (χ3v) is 6.84. The molecule has 0 saturated heterocycles. The van der Waals surface area contributed by atoms with Crippen LogP contribution in [0.4, 0.5) is 15.8 Å². The zero-order valence-electron chi connectivity index (χ0n) is 21.4. The lowest BCUT2D eigenvalue weighted by Gasteiger charge is -2.43. The first-order valence-electron chi connectivity index (χ1n) is 12.3. The molecule has 196 valence electrons. The molecular weight excluding hydrogens is 507 g/mol. The van der Waals surface area contributed by atoms with Gasteiger partial charge in [0, 0.05) is 40.5 Å². The lowest BCUT2D eigenvalue weighted by molar-refractivity contribution is -0.134. The number of benzene rings is 3. The molecule has 0 fully saturated rings. The fourth-order valence-corrected chi connectivity index (χ4v) is 4.87. The molecule has 6 nitrogen and oxygen atoms in total. The van der Waals surface area contributed by atoms with E-state index in [1.54, 1.807) is 53.1 Å². The number of ether oxygens (including phenoxy) is 1. The van der Waals surface area contributed by atoms with Crippen molar-refractivity contribution >= 4 is 46.8 Å². The van der Waals surface area contributed by atoms with Gasteiger partial charge in [0.15, 0.2) is 0 Å². The summed E-state index contributed by atoms with van der Waals surface area (Å²) in [6, 6.07) is 17.3. The molecule has 8 heteroatoms. The summed E-state index contributed by atoms with van der Waals surface area (Å²) in [5, 5.41) is 0.557. The molecule has 0 N–H and O–H groups in total. The highest BCUT2D eigenvalue weighted by Crippen LogP contribution is 2.43. The third kappa shape index (κ3) is 5.63. The van der Waals surface area contributed by atoms with Crippen molar-refractivity contribution in [1.29, 1.82) is 0 Å². The van der Waals surface area contributed by atoms with Crippen LogP contribution in [0, 0.1) is 5.82 Å². The SMILES string of the molecule is CCC(=O)N(c1ccc(Cl)cc1)[C@H]1C[C@@H](C)N(C(=O)c2ccc(F)cc2)c2ccc(C=CC(=O)OC)cc21. The maximum absolute atomic E-state index is 13.6. The first kappa shape index (κ1) is 27.1. The molecule has 1 heterocycles. The third-order valence-electron chi connectivity index (χ3n) is 6.59. The van der Waals surface area contributed by atoms with E-state index in [0.29, 0.717) is 33.9 Å². The molecule has 3 aromatic rings. The molecule has 1 aliphatic heterocycles. The van der Waals surface area contributed by atoms with Crippen molar-refractivity contribution in [2.24, 2.45) is 0 Å². The van der Waals surface area contributed by atoms with Crippen LogP contribution in [0.1, 0.15) is 54.2 Å². The lowest BCUT2D eigenvalue weighted by Crippen LogP contribution is -2.47. The average Bonchev–Trinajstić information content (AvgIpc) is 2.92. The molecule has 0 aliphatic carbocycles. The van der Waals surface area contributed by atoms with Gasteiger partial charge in [-0.2, -0.15) is 0 Å². The first-order chi connectivity index (χ1) is 18.2. The van der Waals surface area contributed by atoms with Crippen LogP contribution in [0.3, 0.4) is 0 Å². The van der Waals surface area contributed by atoms with E-state index in [9.17, 15) is 18.8 Å². The highest BCUT2D eigenvalue weighted by atomic mass is 35.5. The fourth-order valence-electron chi connectivity index (χ4n) is 4.74. The van der Waals surface area contributed by atoms with Crippen LogP contribution in [-0.2, 0) is 14.3 Å². The zero-order chi connectivity index (χ0) is 27.4. The minimum Gasteiger partial charge on any atom is -0.466 e. The molecule has 2 amide bonds. The second-order valence-corrected chi connectivity index (χ2v) is 9.49. The number of hydrogen-bond acceptors (Lipinski definition) is 4. The van der Waals surface area contributed by atoms with Gasteiger partial charge in [0.05, 0.1) is 13.2 Å². The summed E-state index contributed by atoms with van der Waals surface area (Å²) in [7, 11) is 1.30. The molecule has 2 atom stereocenters. The van der Waals surface area contributed by atoms with E-state index in [-0.39, 0.29) is 24.3 Å². The van der Waals surface area contributed by atoms with Crippen LogP contribution in [0.5, 0.6) is 0 Å². The number of fused-ring (bicyclic) bond motifs is 1. The van der Waals surface area contributed by atoms with Gasteiger partial charge in [0.2, 0.25) is 5.91 Å². The van der Waals surface area contributed by atoms with Crippen molar-refractivity contribution < 1.29 is 23.5 Å². The quantitative estimate of drug-likeness (QED) is 0.264. The van der Waals surface area contributed by atoms with Crippen LogP contribution in [0.2, 0.25) is 5.02 Å². The van der Waals surface area contributed by atoms with E-state index in [2.05, 4.69) is 0 Å². The Bertz CT molecular complexity index is 1370. The van der Waals surface area contributed by atoms with Gasteiger partial charge in [-0.3, -0.25) is 9.59 Å². The highest BCUT2D eigenvalue weighted by Gasteiger charge is 2.38. The summed E-state index contributed by atoms with van der Waals surface area (Å²) in [5.41, 5.74) is 3.15. The summed E-state index contributed by atoms with van der Waals surface area (Å²) < 4.78 is 18.2. The van der Waals surface area contributed by atoms with Gasteiger partial charge in [0.1, 0.15) is 5.82 Å². The maximum atomic E-state index is 13.6. The maximum Gasteiger partial charge on any atom is 0.330 e. The average molecular weight is 535 g/mol. The first-order valence-corrected chi connectivity index (χ1v) is 12.7. The number of hydrogen-bond donors (Lipinski definition) is 0. The summed E-state index contributed by atoms with van der Waals surface area (Å²) in [6.45, 7) is 3.73. The summed E-state index contributed by atoms with van der Waals surface area (Å²) >= 11 is 6.12. The number of carbonyl (C=O) groups is 3. The molecule has 3 aromatic carbocycles. The Hall–Kier alpha value is -3.97. The van der Waals surface area contributed by atoms with E-state index in [1.165, 1.54) is 37.5 Å². The van der Waals surface area contributed by atoms with Gasteiger partial charge in [0.25, 0.3) is 5.91 Å². The normalized spacial score (nSPS) is 16.7. The summed E-state index contributed by atoms with van der Waals surface area (Å²) in [5.74, 6) is -1.27. The number of rotatable bonds is 6. The van der Waals surface area contributed by atoms with Crippen LogP contribution in [0.15, 0.2) is 72.8 Å². The van der Waals surface area contributed by atoms with Crippen molar-refractivity contribution in [3.8, 4) is 0 Å². The molecule has 0 spiro atoms. The van der Waals surface area contributed by atoms with Crippen LogP contribution >= 0.6 is 11.6 Å². The Labute approximate surface area is 226 Å². The number of carbonyl (C=O) groups excluding carboxylic acids is 3. The lowest BCUT2D eigenvalue weighted by atomic mass is 9.88. The molecule has 0 aromatic heterocycles. The van der Waals surface area contributed by atoms with E-state index < -0.39 is 17.8 Å². The monoisotopic (exact) mass is 534 g/mol. The molecule has 0 unspecified atom stereocenters. The molecule has 0 bridgehead atoms. The van der Waals surface area contributed by atoms with Gasteiger partial charge in [-0.15, -0.1) is 0 Å². The molecule has 0 saturated carbocycles. The number of anilines is 2. The summed E-state index contributed by atoms with van der Waals surface area (Å²) in [4.78, 5) is 42.1. The fraction of sp³-hybridized carbons (Fsp3) is 0.233. The smallest absolute Gasteiger partial charge is 0.330 e. The van der Waals surface area contributed by atoms with Crippen molar-refractivity contribution in [3.05, 3.63) is 100 Å². The number of esters is 1. The van der Waals surface area contributed by atoms with Crippen molar-refractivity contribution in [3.63, 3.8) is 0 Å². The van der Waals surface area contributed by atoms with E-state index in [0.717, 1.165) is 5.56 Å². The highest BCUT2D eigenvalue weighted by molar-refractivity contribution is 6.30. The van der Waals surface area contributed by atoms with Gasteiger partial charge < -0.3 is 14.5 Å². The van der Waals surface area contributed by atoms with Gasteiger partial charge in [-0.25, -0.2) is 9.18 Å². The number of methoxy groups -OCH3 is 1. The van der Waals surface area contributed by atoms with E-state index in [1.807, 2.05) is 19.1 Å². The van der Waals surface area contributed by atoms with Crippen LogP contribution in [0.25, 0.3) is 6.08 Å². The molecule has 38 heavy (non-hydrogen) atoms. The van der Waals surface area contributed by atoms with Gasteiger partial charge in [-0.05, 0) is 91.2 Å². The Morgan fingerprint density at radius 1 is 1.08 bits per heavy atom. The van der Waals surface area contributed by atoms with Crippen LogP contribution in [-0.4, -0.2) is 30.9 Å². The minimum absolute atomic E-state index is 0.0794. The van der Waals surface area contributed by atoms with Crippen LogP contribution < -0.4 is 9.80 Å². The summed E-state index contributed by atoms with van der Waals surface area (Å²) in [6.07, 6.45) is 3.68.